The van der Waals surface area contributed by atoms with Gasteiger partial charge in [0, 0.05) is 12.8 Å². The van der Waals surface area contributed by atoms with Crippen LogP contribution in [0.3, 0.4) is 0 Å². The molecule has 4 nitrogen and oxygen atoms in total. The van der Waals surface area contributed by atoms with Gasteiger partial charge in [0.2, 0.25) is 0 Å². The summed E-state index contributed by atoms with van der Waals surface area (Å²) < 4.78 is 10.6. The number of carbonyl (C=O) groups excluding carboxylic acids is 2. The molecule has 0 radical (unpaired) electrons. The Hall–Kier alpha value is -1.06. The van der Waals surface area contributed by atoms with E-state index in [0.29, 0.717) is 38.2 Å². The third-order valence-electron chi connectivity index (χ3n) is 4.50. The molecule has 154 valence electrons. The molecular weight excluding hydrogens is 328 g/mol. The third-order valence-corrected chi connectivity index (χ3v) is 4.50. The maximum absolute atomic E-state index is 11.8. The van der Waals surface area contributed by atoms with E-state index in [1.807, 2.05) is 6.92 Å². The maximum atomic E-state index is 11.8. The van der Waals surface area contributed by atoms with Crippen molar-refractivity contribution in [1.29, 1.82) is 0 Å². The van der Waals surface area contributed by atoms with Crippen LogP contribution in [0.2, 0.25) is 0 Å². The van der Waals surface area contributed by atoms with E-state index in [-0.39, 0.29) is 18.0 Å². The van der Waals surface area contributed by atoms with Crippen LogP contribution in [-0.4, -0.2) is 24.6 Å². The van der Waals surface area contributed by atoms with Crippen molar-refractivity contribution in [2.45, 2.75) is 117 Å². The molecule has 0 aliphatic rings. The van der Waals surface area contributed by atoms with Crippen molar-refractivity contribution in [2.24, 2.45) is 5.92 Å². The fourth-order valence-electron chi connectivity index (χ4n) is 2.84. The molecule has 4 heteroatoms. The first kappa shape index (κ1) is 24.9. The van der Waals surface area contributed by atoms with Crippen molar-refractivity contribution < 1.29 is 19.1 Å². The summed E-state index contributed by atoms with van der Waals surface area (Å²) in [7, 11) is 0. The molecule has 0 aromatic rings. The van der Waals surface area contributed by atoms with E-state index in [0.717, 1.165) is 25.7 Å². The Morgan fingerprint density at radius 3 is 2.00 bits per heavy atom. The van der Waals surface area contributed by atoms with Gasteiger partial charge in [-0.1, -0.05) is 52.9 Å². The van der Waals surface area contributed by atoms with E-state index < -0.39 is 0 Å². The van der Waals surface area contributed by atoms with Gasteiger partial charge in [-0.2, -0.15) is 0 Å². The van der Waals surface area contributed by atoms with Gasteiger partial charge < -0.3 is 9.47 Å². The summed E-state index contributed by atoms with van der Waals surface area (Å²) in [5.41, 5.74) is 0. The van der Waals surface area contributed by atoms with Gasteiger partial charge in [-0.3, -0.25) is 9.59 Å². The Kier molecular flexibility index (Phi) is 16.7. The molecule has 0 heterocycles. The fourth-order valence-corrected chi connectivity index (χ4v) is 2.84. The minimum absolute atomic E-state index is 0.000373. The van der Waals surface area contributed by atoms with E-state index in [1.165, 1.54) is 32.1 Å². The number of carbonyl (C=O) groups is 2. The molecule has 0 fully saturated rings. The van der Waals surface area contributed by atoms with Gasteiger partial charge in [0.15, 0.2) is 0 Å². The average molecular weight is 371 g/mol. The topological polar surface area (TPSA) is 52.6 Å². The summed E-state index contributed by atoms with van der Waals surface area (Å²) in [6.45, 7) is 9.02. The highest BCUT2D eigenvalue weighted by Gasteiger charge is 2.10. The first-order valence-corrected chi connectivity index (χ1v) is 10.8. The summed E-state index contributed by atoms with van der Waals surface area (Å²) in [5.74, 6) is 0.343. The third kappa shape index (κ3) is 17.8. The zero-order chi connectivity index (χ0) is 19.6. The molecule has 0 spiro atoms. The smallest absolute Gasteiger partial charge is 0.306 e. The molecule has 0 saturated carbocycles. The van der Waals surface area contributed by atoms with Crippen LogP contribution in [0.1, 0.15) is 111 Å². The van der Waals surface area contributed by atoms with Crippen LogP contribution in [0.5, 0.6) is 0 Å². The Labute approximate surface area is 161 Å². The zero-order valence-electron chi connectivity index (χ0n) is 17.7. The van der Waals surface area contributed by atoms with Gasteiger partial charge in [-0.15, -0.1) is 0 Å². The summed E-state index contributed by atoms with van der Waals surface area (Å²) in [5, 5.41) is 0. The van der Waals surface area contributed by atoms with Crippen LogP contribution < -0.4 is 0 Å². The Bertz CT molecular complexity index is 352. The van der Waals surface area contributed by atoms with E-state index in [9.17, 15) is 9.59 Å². The van der Waals surface area contributed by atoms with Crippen molar-refractivity contribution in [3.8, 4) is 0 Å². The van der Waals surface area contributed by atoms with Crippen molar-refractivity contribution >= 4 is 11.9 Å². The SMILES string of the molecule is CCCCCCCCC(C)OC(=O)CCCCC(=O)OCCCC(C)C. The number of rotatable bonds is 17. The van der Waals surface area contributed by atoms with E-state index in [4.69, 9.17) is 9.47 Å². The molecule has 1 atom stereocenters. The van der Waals surface area contributed by atoms with Gasteiger partial charge in [0.05, 0.1) is 12.7 Å². The second kappa shape index (κ2) is 17.4. The molecular formula is C22H42O4. The lowest BCUT2D eigenvalue weighted by atomic mass is 10.1. The van der Waals surface area contributed by atoms with E-state index in [1.54, 1.807) is 0 Å². The Morgan fingerprint density at radius 2 is 1.35 bits per heavy atom. The van der Waals surface area contributed by atoms with Crippen molar-refractivity contribution in [1.82, 2.24) is 0 Å². The molecule has 0 bridgehead atoms. The predicted octanol–water partition coefficient (Wildman–Crippen LogP) is 6.21. The minimum Gasteiger partial charge on any atom is -0.466 e. The number of hydrogen-bond donors (Lipinski definition) is 0. The first-order chi connectivity index (χ1) is 12.5. The fraction of sp³-hybridized carbons (Fsp3) is 0.909. The van der Waals surface area contributed by atoms with Crippen LogP contribution >= 0.6 is 0 Å². The predicted molar refractivity (Wildman–Crippen MR) is 107 cm³/mol. The molecule has 26 heavy (non-hydrogen) atoms. The normalized spacial score (nSPS) is 12.2. The molecule has 0 saturated heterocycles. The molecule has 0 aliphatic carbocycles. The number of ether oxygens (including phenoxy) is 2. The summed E-state index contributed by atoms with van der Waals surface area (Å²) >= 11 is 0. The van der Waals surface area contributed by atoms with Crippen LogP contribution in [-0.2, 0) is 19.1 Å². The second-order valence-electron chi connectivity index (χ2n) is 7.82. The lowest BCUT2D eigenvalue weighted by Gasteiger charge is -2.13. The zero-order valence-corrected chi connectivity index (χ0v) is 17.7. The molecule has 0 amide bonds. The molecule has 0 rings (SSSR count). The van der Waals surface area contributed by atoms with Crippen molar-refractivity contribution in [3.05, 3.63) is 0 Å². The quantitative estimate of drug-likeness (QED) is 0.226. The molecule has 1 unspecified atom stereocenters. The summed E-state index contributed by atoms with van der Waals surface area (Å²) in [6.07, 6.45) is 12.6. The second-order valence-corrected chi connectivity index (χ2v) is 7.82. The standard InChI is InChI=1S/C22H42O4/c1-5-6-7-8-9-10-15-20(4)26-22(24)17-12-11-16-21(23)25-18-13-14-19(2)3/h19-20H,5-18H2,1-4H3. The van der Waals surface area contributed by atoms with Crippen molar-refractivity contribution in [2.75, 3.05) is 6.61 Å². The van der Waals surface area contributed by atoms with Gasteiger partial charge in [-0.25, -0.2) is 0 Å². The van der Waals surface area contributed by atoms with Crippen LogP contribution in [0.4, 0.5) is 0 Å². The number of hydrogen-bond acceptors (Lipinski definition) is 4. The summed E-state index contributed by atoms with van der Waals surface area (Å²) in [6, 6.07) is 0. The Morgan fingerprint density at radius 1 is 0.731 bits per heavy atom. The maximum Gasteiger partial charge on any atom is 0.306 e. The van der Waals surface area contributed by atoms with Crippen LogP contribution in [0.25, 0.3) is 0 Å². The summed E-state index contributed by atoms with van der Waals surface area (Å²) in [4.78, 5) is 23.4. The van der Waals surface area contributed by atoms with Gasteiger partial charge in [0.25, 0.3) is 0 Å². The van der Waals surface area contributed by atoms with Gasteiger partial charge in [0.1, 0.15) is 0 Å². The lowest BCUT2D eigenvalue weighted by Crippen LogP contribution is -2.14. The van der Waals surface area contributed by atoms with Crippen LogP contribution in [0, 0.1) is 5.92 Å². The highest BCUT2D eigenvalue weighted by molar-refractivity contribution is 5.70. The number of esters is 2. The molecule has 0 aromatic carbocycles. The molecule has 0 aliphatic heterocycles. The average Bonchev–Trinajstić information content (AvgIpc) is 2.58. The van der Waals surface area contributed by atoms with E-state index >= 15 is 0 Å². The lowest BCUT2D eigenvalue weighted by molar-refractivity contribution is -0.149. The largest absolute Gasteiger partial charge is 0.466 e. The van der Waals surface area contributed by atoms with Crippen molar-refractivity contribution in [3.63, 3.8) is 0 Å². The monoisotopic (exact) mass is 370 g/mol. The Balaban J connectivity index is 3.50. The number of unbranched alkanes of at least 4 members (excludes halogenated alkanes) is 6. The van der Waals surface area contributed by atoms with E-state index in [2.05, 4.69) is 20.8 Å². The highest BCUT2D eigenvalue weighted by Crippen LogP contribution is 2.12. The van der Waals surface area contributed by atoms with Crippen LogP contribution in [0.15, 0.2) is 0 Å². The minimum atomic E-state index is -0.154. The van der Waals surface area contributed by atoms with Gasteiger partial charge >= 0.3 is 11.9 Å². The molecule has 0 N–H and O–H groups in total. The molecule has 0 aromatic heterocycles. The first-order valence-electron chi connectivity index (χ1n) is 10.8. The van der Waals surface area contributed by atoms with Gasteiger partial charge in [-0.05, 0) is 51.4 Å². The highest BCUT2D eigenvalue weighted by atomic mass is 16.5.